The van der Waals surface area contributed by atoms with Gasteiger partial charge in [-0.15, -0.1) is 0 Å². The van der Waals surface area contributed by atoms with E-state index in [1.165, 1.54) is 22.7 Å². The number of aromatic nitrogens is 4. The van der Waals surface area contributed by atoms with Gasteiger partial charge in [0.05, 0.1) is 24.7 Å². The molecule has 1 aromatic carbocycles. The number of nitrogens with one attached hydrogen (secondary N) is 1. The van der Waals surface area contributed by atoms with Crippen molar-refractivity contribution in [2.45, 2.75) is 31.8 Å². The summed E-state index contributed by atoms with van der Waals surface area (Å²) in [6, 6.07) is 6.27. The summed E-state index contributed by atoms with van der Waals surface area (Å²) >= 11 is 0. The van der Waals surface area contributed by atoms with Gasteiger partial charge in [-0.3, -0.25) is 10.00 Å². The number of halogens is 1. The molecule has 3 heterocycles. The summed E-state index contributed by atoms with van der Waals surface area (Å²) in [5.41, 5.74) is 2.68. The first kappa shape index (κ1) is 21.6. The standard InChI is InChI=1S/C20H25FN6O3S/c1-26(12-16-11-22-24-19(16)14-3-5-17(21)6-4-14)13-18-23-20(25-30-18)15-7-9-27(10-8-15)31(2,28)29/h3-6,11,15H,7-10,12-13H2,1-2H3,(H,22,24). The minimum Gasteiger partial charge on any atom is -0.338 e. The number of nitrogens with zero attached hydrogens (tertiary/aromatic N) is 5. The smallest absolute Gasteiger partial charge is 0.240 e. The Hall–Kier alpha value is -2.63. The lowest BCUT2D eigenvalue weighted by atomic mass is 9.98. The fraction of sp³-hybridized carbons (Fsp3) is 0.450. The third-order valence-electron chi connectivity index (χ3n) is 5.47. The highest BCUT2D eigenvalue weighted by molar-refractivity contribution is 7.88. The van der Waals surface area contributed by atoms with Crippen LogP contribution in [0.5, 0.6) is 0 Å². The van der Waals surface area contributed by atoms with Crippen LogP contribution in [0.4, 0.5) is 4.39 Å². The molecule has 4 rings (SSSR count). The summed E-state index contributed by atoms with van der Waals surface area (Å²) in [7, 11) is -1.22. The molecule has 0 amide bonds. The molecule has 0 saturated carbocycles. The highest BCUT2D eigenvalue weighted by Gasteiger charge is 2.28. The molecular weight excluding hydrogens is 423 g/mol. The minimum atomic E-state index is -3.16. The molecule has 0 atom stereocenters. The zero-order valence-corrected chi connectivity index (χ0v) is 18.3. The van der Waals surface area contributed by atoms with E-state index < -0.39 is 10.0 Å². The second-order valence-corrected chi connectivity index (χ2v) is 9.91. The summed E-state index contributed by atoms with van der Waals surface area (Å²) < 4.78 is 43.4. The van der Waals surface area contributed by atoms with E-state index >= 15 is 0 Å². The molecule has 0 radical (unpaired) electrons. The van der Waals surface area contributed by atoms with E-state index in [1.807, 2.05) is 11.9 Å². The quantitative estimate of drug-likeness (QED) is 0.591. The van der Waals surface area contributed by atoms with E-state index in [2.05, 4.69) is 20.3 Å². The van der Waals surface area contributed by atoms with Crippen LogP contribution in [0.15, 0.2) is 35.0 Å². The fourth-order valence-corrected chi connectivity index (χ4v) is 4.69. The van der Waals surface area contributed by atoms with Gasteiger partial charge in [0.25, 0.3) is 0 Å². The Balaban J connectivity index is 1.36. The van der Waals surface area contributed by atoms with Crippen molar-refractivity contribution < 1.29 is 17.3 Å². The lowest BCUT2D eigenvalue weighted by molar-refractivity contribution is 0.259. The fourth-order valence-electron chi connectivity index (χ4n) is 3.82. The molecule has 1 N–H and O–H groups in total. The molecule has 0 spiro atoms. The Morgan fingerprint density at radius 2 is 1.94 bits per heavy atom. The van der Waals surface area contributed by atoms with Crippen LogP contribution in [-0.2, 0) is 23.1 Å². The molecule has 0 aliphatic carbocycles. The van der Waals surface area contributed by atoms with E-state index in [9.17, 15) is 12.8 Å². The van der Waals surface area contributed by atoms with Gasteiger partial charge in [-0.2, -0.15) is 10.1 Å². The van der Waals surface area contributed by atoms with E-state index in [0.29, 0.717) is 50.7 Å². The van der Waals surface area contributed by atoms with Crippen molar-refractivity contribution in [2.24, 2.45) is 0 Å². The molecule has 9 nitrogen and oxygen atoms in total. The maximum Gasteiger partial charge on any atom is 0.240 e. The SMILES string of the molecule is CN(Cc1nc(C2CCN(S(C)(=O)=O)CC2)no1)Cc1cn[nH]c1-c1ccc(F)cc1. The van der Waals surface area contributed by atoms with Gasteiger partial charge in [0.2, 0.25) is 15.9 Å². The van der Waals surface area contributed by atoms with Gasteiger partial charge in [-0.05, 0) is 44.2 Å². The van der Waals surface area contributed by atoms with Crippen molar-refractivity contribution in [3.8, 4) is 11.3 Å². The van der Waals surface area contributed by atoms with Crippen molar-refractivity contribution in [3.63, 3.8) is 0 Å². The van der Waals surface area contributed by atoms with Crippen LogP contribution in [0.1, 0.15) is 36.0 Å². The number of piperidine rings is 1. The van der Waals surface area contributed by atoms with Crippen LogP contribution < -0.4 is 0 Å². The average molecular weight is 449 g/mol. The molecule has 11 heteroatoms. The van der Waals surface area contributed by atoms with Gasteiger partial charge in [0, 0.05) is 36.7 Å². The number of rotatable bonds is 7. The van der Waals surface area contributed by atoms with Gasteiger partial charge >= 0.3 is 0 Å². The third-order valence-corrected chi connectivity index (χ3v) is 6.77. The van der Waals surface area contributed by atoms with Crippen molar-refractivity contribution in [1.82, 2.24) is 29.5 Å². The Labute approximate surface area is 180 Å². The van der Waals surface area contributed by atoms with Gasteiger partial charge in [-0.25, -0.2) is 17.1 Å². The predicted molar refractivity (Wildman–Crippen MR) is 112 cm³/mol. The monoisotopic (exact) mass is 448 g/mol. The number of benzene rings is 1. The van der Waals surface area contributed by atoms with Crippen LogP contribution in [0.3, 0.4) is 0 Å². The van der Waals surface area contributed by atoms with E-state index in [1.54, 1.807) is 18.3 Å². The van der Waals surface area contributed by atoms with E-state index in [4.69, 9.17) is 4.52 Å². The second kappa shape index (κ2) is 8.85. The Morgan fingerprint density at radius 3 is 2.61 bits per heavy atom. The lowest BCUT2D eigenvalue weighted by Gasteiger charge is -2.28. The van der Waals surface area contributed by atoms with Gasteiger partial charge < -0.3 is 4.52 Å². The van der Waals surface area contributed by atoms with Crippen molar-refractivity contribution >= 4 is 10.0 Å². The number of hydrogen-bond acceptors (Lipinski definition) is 7. The summed E-state index contributed by atoms with van der Waals surface area (Å²) in [6.45, 7) is 2.00. The normalized spacial score (nSPS) is 16.3. The molecule has 166 valence electrons. The van der Waals surface area contributed by atoms with Crippen molar-refractivity contribution in [1.29, 1.82) is 0 Å². The predicted octanol–water partition coefficient (Wildman–Crippen LogP) is 2.37. The van der Waals surface area contributed by atoms with Crippen LogP contribution in [0.2, 0.25) is 0 Å². The van der Waals surface area contributed by atoms with Crippen molar-refractivity contribution in [3.05, 3.63) is 53.6 Å². The third kappa shape index (κ3) is 5.17. The zero-order chi connectivity index (χ0) is 22.0. The highest BCUT2D eigenvalue weighted by atomic mass is 32.2. The number of hydrogen-bond donors (Lipinski definition) is 1. The molecule has 31 heavy (non-hydrogen) atoms. The largest absolute Gasteiger partial charge is 0.338 e. The molecule has 1 aliphatic heterocycles. The van der Waals surface area contributed by atoms with Gasteiger partial charge in [-0.1, -0.05) is 5.16 Å². The van der Waals surface area contributed by atoms with Crippen molar-refractivity contribution in [2.75, 3.05) is 26.4 Å². The molecule has 1 aliphatic rings. The molecule has 2 aromatic heterocycles. The molecule has 1 saturated heterocycles. The number of H-pyrrole nitrogens is 1. The Bertz CT molecular complexity index is 1120. The van der Waals surface area contributed by atoms with Crippen LogP contribution >= 0.6 is 0 Å². The van der Waals surface area contributed by atoms with Crippen LogP contribution in [0.25, 0.3) is 11.3 Å². The molecule has 0 bridgehead atoms. The highest BCUT2D eigenvalue weighted by Crippen LogP contribution is 2.27. The first-order valence-electron chi connectivity index (χ1n) is 10.0. The first-order chi connectivity index (χ1) is 14.8. The number of sulfonamides is 1. The van der Waals surface area contributed by atoms with Gasteiger partial charge in [0.1, 0.15) is 5.82 Å². The van der Waals surface area contributed by atoms with Gasteiger partial charge in [0.15, 0.2) is 5.82 Å². The molecule has 0 unspecified atom stereocenters. The Kier molecular flexibility index (Phi) is 6.17. The average Bonchev–Trinajstić information content (AvgIpc) is 3.38. The minimum absolute atomic E-state index is 0.0970. The van der Waals surface area contributed by atoms with E-state index in [-0.39, 0.29) is 11.7 Å². The molecular formula is C20H25FN6O3S. The summed E-state index contributed by atoms with van der Waals surface area (Å²) in [5.74, 6) is 0.956. The Morgan fingerprint density at radius 1 is 1.23 bits per heavy atom. The van der Waals surface area contributed by atoms with Crippen LogP contribution in [0, 0.1) is 5.82 Å². The summed E-state index contributed by atoms with van der Waals surface area (Å²) in [5, 5.41) is 11.2. The van der Waals surface area contributed by atoms with Crippen LogP contribution in [-0.4, -0.2) is 64.4 Å². The first-order valence-corrected chi connectivity index (χ1v) is 11.9. The zero-order valence-electron chi connectivity index (χ0n) is 17.5. The van der Waals surface area contributed by atoms with E-state index in [0.717, 1.165) is 16.8 Å². The summed E-state index contributed by atoms with van der Waals surface area (Å²) in [4.78, 5) is 6.56. The molecule has 1 fully saturated rings. The summed E-state index contributed by atoms with van der Waals surface area (Å²) in [6.07, 6.45) is 4.34. The molecule has 3 aromatic rings. The topological polar surface area (TPSA) is 108 Å². The maximum absolute atomic E-state index is 13.2. The lowest BCUT2D eigenvalue weighted by Crippen LogP contribution is -2.37. The second-order valence-electron chi connectivity index (χ2n) is 7.93. The maximum atomic E-state index is 13.2. The number of aromatic amines is 1.